The molecule has 5 nitrogen and oxygen atoms in total. The number of anilines is 1. The molecule has 0 radical (unpaired) electrons. The molecule has 172 valence electrons. The molecule has 3 aromatic carbocycles. The van der Waals surface area contributed by atoms with E-state index in [2.05, 4.69) is 6.92 Å². The van der Waals surface area contributed by atoms with Crippen LogP contribution in [0.5, 0.6) is 11.5 Å². The molecule has 4 rings (SSSR count). The number of carbonyl (C=O) groups excluding carboxylic acids is 1. The fraction of sp³-hybridized carbons (Fsp3) is 0.296. The highest BCUT2D eigenvalue weighted by atomic mass is 35.5. The molecule has 3 aromatic rings. The first kappa shape index (κ1) is 23.1. The summed E-state index contributed by atoms with van der Waals surface area (Å²) in [6, 6.07) is 20.8. The number of carbonyl (C=O) groups is 1. The van der Waals surface area contributed by atoms with Crippen molar-refractivity contribution in [2.24, 2.45) is 0 Å². The van der Waals surface area contributed by atoms with Crippen molar-refractivity contribution < 1.29 is 19.0 Å². The normalized spacial score (nSPS) is 17.6. The van der Waals surface area contributed by atoms with Crippen LogP contribution in [0.3, 0.4) is 0 Å². The zero-order valence-corrected chi connectivity index (χ0v) is 19.9. The van der Waals surface area contributed by atoms with Crippen molar-refractivity contribution in [2.75, 3.05) is 25.7 Å². The lowest BCUT2D eigenvalue weighted by atomic mass is 9.83. The number of halogens is 1. The number of fused-ring (bicyclic) bond motifs is 1. The predicted molar refractivity (Wildman–Crippen MR) is 130 cm³/mol. The third-order valence-corrected chi connectivity index (χ3v) is 6.21. The van der Waals surface area contributed by atoms with E-state index in [9.17, 15) is 4.79 Å². The lowest BCUT2D eigenvalue weighted by molar-refractivity contribution is -0.126. The van der Waals surface area contributed by atoms with Gasteiger partial charge in [-0.2, -0.15) is 0 Å². The van der Waals surface area contributed by atoms with Crippen LogP contribution in [0.4, 0.5) is 5.69 Å². The van der Waals surface area contributed by atoms with Crippen LogP contribution in [0.15, 0.2) is 66.7 Å². The molecule has 1 aliphatic heterocycles. The molecule has 0 bridgehead atoms. The molecule has 0 N–H and O–H groups in total. The van der Waals surface area contributed by atoms with Gasteiger partial charge in [0.05, 0.1) is 27.2 Å². The second-order valence-electron chi connectivity index (χ2n) is 7.98. The van der Waals surface area contributed by atoms with Gasteiger partial charge >= 0.3 is 0 Å². The second-order valence-corrected chi connectivity index (χ2v) is 8.42. The van der Waals surface area contributed by atoms with Gasteiger partial charge in [-0.25, -0.2) is 0 Å². The van der Waals surface area contributed by atoms with Gasteiger partial charge in [-0.05, 0) is 66.6 Å². The fourth-order valence-corrected chi connectivity index (χ4v) is 4.45. The summed E-state index contributed by atoms with van der Waals surface area (Å²) in [5.74, 6) is 1.36. The molecule has 0 saturated carbocycles. The molecule has 0 fully saturated rings. The van der Waals surface area contributed by atoms with Gasteiger partial charge in [0.25, 0.3) is 0 Å². The van der Waals surface area contributed by atoms with Crippen LogP contribution in [0.2, 0.25) is 5.02 Å². The van der Waals surface area contributed by atoms with E-state index in [1.807, 2.05) is 66.7 Å². The van der Waals surface area contributed by atoms with Gasteiger partial charge in [-0.1, -0.05) is 37.1 Å². The van der Waals surface area contributed by atoms with E-state index in [0.29, 0.717) is 17.4 Å². The summed E-state index contributed by atoms with van der Waals surface area (Å²) in [7, 11) is 3.25. The van der Waals surface area contributed by atoms with Crippen LogP contribution in [0, 0.1) is 0 Å². The van der Waals surface area contributed by atoms with Crippen molar-refractivity contribution >= 4 is 23.2 Å². The minimum Gasteiger partial charge on any atom is -0.497 e. The Bertz CT molecular complexity index is 1110. The second kappa shape index (κ2) is 9.86. The van der Waals surface area contributed by atoms with E-state index in [0.717, 1.165) is 41.0 Å². The Balaban J connectivity index is 1.99. The first-order valence-electron chi connectivity index (χ1n) is 11.1. The van der Waals surface area contributed by atoms with Crippen LogP contribution in [0.1, 0.15) is 36.5 Å². The van der Waals surface area contributed by atoms with E-state index in [4.69, 9.17) is 25.8 Å². The van der Waals surface area contributed by atoms with Gasteiger partial charge in [-0.15, -0.1) is 0 Å². The first-order chi connectivity index (χ1) is 16.0. The lowest BCUT2D eigenvalue weighted by Crippen LogP contribution is -2.56. The number of benzene rings is 3. The summed E-state index contributed by atoms with van der Waals surface area (Å²) in [5.41, 5.74) is 2.21. The SMILES string of the molecule is CCCCOC1(c2ccc(Cl)cc2)c2ccc(OC)cc2CC(=O)N1c1ccc(OC)cc1. The third-order valence-electron chi connectivity index (χ3n) is 5.96. The summed E-state index contributed by atoms with van der Waals surface area (Å²) in [6.07, 6.45) is 2.08. The molecule has 1 unspecified atom stereocenters. The van der Waals surface area contributed by atoms with Crippen molar-refractivity contribution in [2.45, 2.75) is 31.9 Å². The first-order valence-corrected chi connectivity index (χ1v) is 11.5. The van der Waals surface area contributed by atoms with E-state index in [1.165, 1.54) is 0 Å². The Labute approximate surface area is 199 Å². The smallest absolute Gasteiger partial charge is 0.234 e. The summed E-state index contributed by atoms with van der Waals surface area (Å²) < 4.78 is 17.5. The van der Waals surface area contributed by atoms with Gasteiger partial charge in [0.15, 0.2) is 0 Å². The van der Waals surface area contributed by atoms with Crippen molar-refractivity contribution in [1.29, 1.82) is 0 Å². The van der Waals surface area contributed by atoms with E-state index < -0.39 is 5.72 Å². The van der Waals surface area contributed by atoms with Crippen LogP contribution in [0.25, 0.3) is 0 Å². The molecular formula is C27H28ClNO4. The molecule has 0 aromatic heterocycles. The minimum atomic E-state index is -1.15. The predicted octanol–water partition coefficient (Wildman–Crippen LogP) is 5.96. The standard InChI is InChI=1S/C27H28ClNO4/c1-4-5-16-33-27(20-6-8-21(28)9-7-20)25-15-14-24(32-3)17-19(25)18-26(30)29(27)22-10-12-23(31-2)13-11-22/h6-15,17H,4-5,16,18H2,1-3H3. The Hall–Kier alpha value is -3.02. The fourth-order valence-electron chi connectivity index (χ4n) is 4.32. The van der Waals surface area contributed by atoms with Gasteiger partial charge in [-0.3, -0.25) is 9.69 Å². The van der Waals surface area contributed by atoms with Crippen LogP contribution in [-0.2, 0) is 21.7 Å². The highest BCUT2D eigenvalue weighted by Crippen LogP contribution is 2.46. The number of methoxy groups -OCH3 is 2. The van der Waals surface area contributed by atoms with Crippen LogP contribution >= 0.6 is 11.6 Å². The van der Waals surface area contributed by atoms with E-state index in [-0.39, 0.29) is 12.3 Å². The Morgan fingerprint density at radius 1 is 0.939 bits per heavy atom. The van der Waals surface area contributed by atoms with Crippen molar-refractivity contribution in [3.05, 3.63) is 88.4 Å². The highest BCUT2D eigenvalue weighted by Gasteiger charge is 2.49. The summed E-state index contributed by atoms with van der Waals surface area (Å²) in [6.45, 7) is 2.61. The van der Waals surface area contributed by atoms with Crippen molar-refractivity contribution in [3.8, 4) is 11.5 Å². The number of amides is 1. The molecule has 1 atom stereocenters. The molecular weight excluding hydrogens is 438 g/mol. The van der Waals surface area contributed by atoms with Crippen LogP contribution < -0.4 is 14.4 Å². The maximum absolute atomic E-state index is 13.7. The topological polar surface area (TPSA) is 48.0 Å². The van der Waals surface area contributed by atoms with Gasteiger partial charge in [0.2, 0.25) is 11.6 Å². The zero-order valence-electron chi connectivity index (χ0n) is 19.1. The van der Waals surface area contributed by atoms with Crippen LogP contribution in [-0.4, -0.2) is 26.7 Å². The number of ether oxygens (including phenoxy) is 3. The van der Waals surface area contributed by atoms with Gasteiger partial charge in [0, 0.05) is 21.8 Å². The summed E-state index contributed by atoms with van der Waals surface area (Å²) >= 11 is 6.23. The largest absolute Gasteiger partial charge is 0.497 e. The average Bonchev–Trinajstić information content (AvgIpc) is 2.84. The monoisotopic (exact) mass is 465 g/mol. The Morgan fingerprint density at radius 2 is 1.61 bits per heavy atom. The van der Waals surface area contributed by atoms with Gasteiger partial charge in [0.1, 0.15) is 11.5 Å². The quantitative estimate of drug-likeness (QED) is 0.385. The van der Waals surface area contributed by atoms with Crippen molar-refractivity contribution in [1.82, 2.24) is 0 Å². The minimum absolute atomic E-state index is 0.0626. The molecule has 0 spiro atoms. The van der Waals surface area contributed by atoms with Gasteiger partial charge < -0.3 is 14.2 Å². The number of rotatable bonds is 8. The Morgan fingerprint density at radius 3 is 2.24 bits per heavy atom. The lowest BCUT2D eigenvalue weighted by Gasteiger charge is -2.48. The number of hydrogen-bond acceptors (Lipinski definition) is 4. The zero-order chi connectivity index (χ0) is 23.4. The third kappa shape index (κ3) is 4.31. The molecule has 6 heteroatoms. The number of nitrogens with zero attached hydrogens (tertiary/aromatic N) is 1. The molecule has 1 aliphatic rings. The number of unbranched alkanes of at least 4 members (excludes halogenated alkanes) is 1. The molecule has 33 heavy (non-hydrogen) atoms. The summed E-state index contributed by atoms with van der Waals surface area (Å²) in [5, 5.41) is 0.621. The maximum Gasteiger partial charge on any atom is 0.234 e. The molecule has 0 aliphatic carbocycles. The highest BCUT2D eigenvalue weighted by molar-refractivity contribution is 6.30. The average molecular weight is 466 g/mol. The Kier molecular flexibility index (Phi) is 6.91. The maximum atomic E-state index is 13.7. The number of hydrogen-bond donors (Lipinski definition) is 0. The van der Waals surface area contributed by atoms with Crippen molar-refractivity contribution in [3.63, 3.8) is 0 Å². The molecule has 0 saturated heterocycles. The van der Waals surface area contributed by atoms with E-state index >= 15 is 0 Å². The molecule has 1 amide bonds. The molecule has 1 heterocycles. The summed E-state index contributed by atoms with van der Waals surface area (Å²) in [4.78, 5) is 15.5. The van der Waals surface area contributed by atoms with E-state index in [1.54, 1.807) is 19.1 Å².